The van der Waals surface area contributed by atoms with Crippen LogP contribution in [0.3, 0.4) is 0 Å². The minimum absolute atomic E-state index is 0.0505. The summed E-state index contributed by atoms with van der Waals surface area (Å²) in [4.78, 5) is 0. The molecule has 0 spiro atoms. The topological polar surface area (TPSA) is 0 Å². The molecule has 0 unspecified atom stereocenters. The lowest BCUT2D eigenvalue weighted by molar-refractivity contribution is -0.0790. The van der Waals surface area contributed by atoms with Crippen molar-refractivity contribution in [2.75, 3.05) is 0 Å². The summed E-state index contributed by atoms with van der Waals surface area (Å²) in [5.41, 5.74) is 1.58. The number of hydrogen-bond acceptors (Lipinski definition) is 0. The molecule has 0 aliphatic heterocycles. The first-order valence-corrected chi connectivity index (χ1v) is 9.32. The van der Waals surface area contributed by atoms with E-state index in [9.17, 15) is 26.3 Å². The predicted octanol–water partition coefficient (Wildman–Crippen LogP) is 7.97. The van der Waals surface area contributed by atoms with Crippen LogP contribution in [0.2, 0.25) is 0 Å². The number of allylic oxidation sites excluding steroid dienone is 1. The first kappa shape index (κ1) is 21.7. The van der Waals surface area contributed by atoms with Crippen LogP contribution >= 0.6 is 0 Å². The summed E-state index contributed by atoms with van der Waals surface area (Å²) in [5.74, 6) is -3.11. The number of rotatable bonds is 5. The van der Waals surface area contributed by atoms with Crippen LogP contribution in [-0.2, 0) is 6.42 Å². The van der Waals surface area contributed by atoms with Gasteiger partial charge in [-0.15, -0.1) is 0 Å². The molecule has 0 atom stereocenters. The Morgan fingerprint density at radius 3 is 1.83 bits per heavy atom. The van der Waals surface area contributed by atoms with E-state index in [0.717, 1.165) is 30.5 Å². The summed E-state index contributed by atoms with van der Waals surface area (Å²) in [6, 6.07) is 13.6. The molecule has 0 radical (unpaired) electrons. The molecule has 3 rings (SSSR count). The third kappa shape index (κ3) is 5.12. The first-order chi connectivity index (χ1) is 14.2. The van der Waals surface area contributed by atoms with Gasteiger partial charge in [-0.05, 0) is 52.9 Å². The highest BCUT2D eigenvalue weighted by molar-refractivity contribution is 5.72. The van der Waals surface area contributed by atoms with Gasteiger partial charge in [-0.3, -0.25) is 0 Å². The summed E-state index contributed by atoms with van der Waals surface area (Å²) in [5, 5.41) is 0. The zero-order valence-electron chi connectivity index (χ0n) is 16.0. The van der Waals surface area contributed by atoms with Crippen LogP contribution in [0.15, 0.2) is 60.7 Å². The van der Waals surface area contributed by atoms with Crippen molar-refractivity contribution in [1.29, 1.82) is 0 Å². The lowest BCUT2D eigenvalue weighted by Crippen LogP contribution is -2.01. The Kier molecular flexibility index (Phi) is 6.34. The Balaban J connectivity index is 1.92. The van der Waals surface area contributed by atoms with Crippen LogP contribution in [0.5, 0.6) is 0 Å². The lowest BCUT2D eigenvalue weighted by atomic mass is 9.97. The highest BCUT2D eigenvalue weighted by Gasteiger charge is 2.23. The number of benzene rings is 3. The van der Waals surface area contributed by atoms with Crippen LogP contribution in [0.1, 0.15) is 24.5 Å². The van der Waals surface area contributed by atoms with E-state index in [4.69, 9.17) is 0 Å². The van der Waals surface area contributed by atoms with Gasteiger partial charge in [0.25, 0.3) is 0 Å². The van der Waals surface area contributed by atoms with Crippen molar-refractivity contribution in [2.45, 2.75) is 25.9 Å². The van der Waals surface area contributed by atoms with Gasteiger partial charge < -0.3 is 0 Å². The van der Waals surface area contributed by atoms with Crippen LogP contribution < -0.4 is 0 Å². The second-order valence-corrected chi connectivity index (χ2v) is 6.87. The van der Waals surface area contributed by atoms with Crippen molar-refractivity contribution in [1.82, 2.24) is 0 Å². The minimum atomic E-state index is -4.70. The fourth-order valence-corrected chi connectivity index (χ4v) is 3.16. The zero-order chi connectivity index (χ0) is 21.9. The Morgan fingerprint density at radius 2 is 1.30 bits per heavy atom. The Hall–Kier alpha value is -3.02. The molecule has 156 valence electrons. The van der Waals surface area contributed by atoms with Crippen LogP contribution in [0, 0.1) is 17.5 Å². The SMILES string of the molecule is CCCc1ccc(-c2ccc(-c3cc(F)c(C=CC(F)(F)F)c(F)c3)c(F)c2)cc1. The Bertz CT molecular complexity index is 1040. The van der Waals surface area contributed by atoms with Crippen molar-refractivity contribution in [3.05, 3.63) is 89.3 Å². The zero-order valence-corrected chi connectivity index (χ0v) is 16.0. The van der Waals surface area contributed by atoms with Gasteiger partial charge in [-0.1, -0.05) is 49.7 Å². The Morgan fingerprint density at radius 1 is 0.733 bits per heavy atom. The summed E-state index contributed by atoms with van der Waals surface area (Å²) < 4.78 is 79.8. The molecule has 3 aromatic rings. The van der Waals surface area contributed by atoms with Gasteiger partial charge in [0.2, 0.25) is 0 Å². The summed E-state index contributed by atoms with van der Waals surface area (Å²) in [6.07, 6.45) is -2.68. The molecule has 0 aliphatic rings. The van der Waals surface area contributed by atoms with E-state index in [1.165, 1.54) is 17.7 Å². The summed E-state index contributed by atoms with van der Waals surface area (Å²) in [7, 11) is 0. The van der Waals surface area contributed by atoms with E-state index in [1.54, 1.807) is 6.07 Å². The summed E-state index contributed by atoms with van der Waals surface area (Å²) >= 11 is 0. The molecule has 0 fully saturated rings. The molecular weight excluding hydrogens is 402 g/mol. The van der Waals surface area contributed by atoms with Crippen molar-refractivity contribution < 1.29 is 26.3 Å². The molecule has 3 aromatic carbocycles. The number of alkyl halides is 3. The van der Waals surface area contributed by atoms with Crippen molar-refractivity contribution in [3.8, 4) is 22.3 Å². The Labute approximate surface area is 170 Å². The molecule has 0 amide bonds. The van der Waals surface area contributed by atoms with E-state index < -0.39 is 29.2 Å². The van der Waals surface area contributed by atoms with Gasteiger partial charge in [0, 0.05) is 17.2 Å². The van der Waals surface area contributed by atoms with Gasteiger partial charge in [0.1, 0.15) is 17.5 Å². The van der Waals surface area contributed by atoms with Gasteiger partial charge >= 0.3 is 6.18 Å². The number of aryl methyl sites for hydroxylation is 1. The maximum absolute atomic E-state index is 14.7. The average Bonchev–Trinajstić information content (AvgIpc) is 2.67. The normalized spacial score (nSPS) is 12.0. The average molecular weight is 420 g/mol. The molecule has 0 bridgehead atoms. The van der Waals surface area contributed by atoms with Crippen LogP contribution in [0.4, 0.5) is 26.3 Å². The second-order valence-electron chi connectivity index (χ2n) is 6.87. The largest absolute Gasteiger partial charge is 0.409 e. The van der Waals surface area contributed by atoms with E-state index in [0.29, 0.717) is 11.6 Å². The monoisotopic (exact) mass is 420 g/mol. The lowest BCUT2D eigenvalue weighted by Gasteiger charge is -2.10. The molecule has 0 saturated heterocycles. The van der Waals surface area contributed by atoms with Crippen molar-refractivity contribution in [2.24, 2.45) is 0 Å². The molecule has 0 aliphatic carbocycles. The molecule has 0 heterocycles. The number of hydrogen-bond donors (Lipinski definition) is 0. The van der Waals surface area contributed by atoms with Gasteiger partial charge in [-0.25, -0.2) is 13.2 Å². The molecule has 30 heavy (non-hydrogen) atoms. The highest BCUT2D eigenvalue weighted by Crippen LogP contribution is 2.31. The third-order valence-corrected chi connectivity index (χ3v) is 4.62. The quantitative estimate of drug-likeness (QED) is 0.367. The second kappa shape index (κ2) is 8.78. The van der Waals surface area contributed by atoms with E-state index in [2.05, 4.69) is 6.92 Å². The van der Waals surface area contributed by atoms with Crippen molar-refractivity contribution in [3.63, 3.8) is 0 Å². The standard InChI is InChI=1S/C24H18F6/c1-2-3-15-4-6-16(7-5-15)17-8-9-19(21(25)12-17)18-13-22(26)20(23(27)14-18)10-11-24(28,29)30/h4-14H,2-3H2,1H3. The fourth-order valence-electron chi connectivity index (χ4n) is 3.16. The van der Waals surface area contributed by atoms with Gasteiger partial charge in [0.05, 0.1) is 0 Å². The van der Waals surface area contributed by atoms with E-state index >= 15 is 0 Å². The van der Waals surface area contributed by atoms with E-state index in [-0.39, 0.29) is 17.2 Å². The molecule has 0 aromatic heterocycles. The number of halogens is 6. The first-order valence-electron chi connectivity index (χ1n) is 9.32. The maximum atomic E-state index is 14.7. The molecule has 0 N–H and O–H groups in total. The maximum Gasteiger partial charge on any atom is 0.409 e. The molecule has 0 saturated carbocycles. The molecular formula is C24H18F6. The minimum Gasteiger partial charge on any atom is -0.206 e. The highest BCUT2D eigenvalue weighted by atomic mass is 19.4. The van der Waals surface area contributed by atoms with Crippen molar-refractivity contribution >= 4 is 6.08 Å². The van der Waals surface area contributed by atoms with Gasteiger partial charge in [0.15, 0.2) is 0 Å². The van der Waals surface area contributed by atoms with E-state index in [1.807, 2.05) is 24.3 Å². The van der Waals surface area contributed by atoms with Crippen LogP contribution in [-0.4, -0.2) is 6.18 Å². The third-order valence-electron chi connectivity index (χ3n) is 4.62. The van der Waals surface area contributed by atoms with Gasteiger partial charge in [-0.2, -0.15) is 13.2 Å². The predicted molar refractivity (Wildman–Crippen MR) is 106 cm³/mol. The smallest absolute Gasteiger partial charge is 0.206 e. The fraction of sp³-hybridized carbons (Fsp3) is 0.167. The summed E-state index contributed by atoms with van der Waals surface area (Å²) in [6.45, 7) is 2.08. The van der Waals surface area contributed by atoms with Crippen LogP contribution in [0.25, 0.3) is 28.3 Å². The molecule has 6 heteroatoms. The molecule has 0 nitrogen and oxygen atoms in total.